The molecule has 0 spiro atoms. The van der Waals surface area contributed by atoms with Gasteiger partial charge in [0.25, 0.3) is 0 Å². The maximum Gasteiger partial charge on any atom is 0.416 e. The summed E-state index contributed by atoms with van der Waals surface area (Å²) in [7, 11) is 0. The van der Waals surface area contributed by atoms with Crippen LogP contribution in [-0.4, -0.2) is 22.7 Å². The van der Waals surface area contributed by atoms with Gasteiger partial charge in [-0.2, -0.15) is 13.2 Å². The summed E-state index contributed by atoms with van der Waals surface area (Å²) >= 11 is 0. The molecule has 0 aliphatic carbocycles. The van der Waals surface area contributed by atoms with Gasteiger partial charge in [-0.15, -0.1) is 0 Å². The van der Waals surface area contributed by atoms with Gasteiger partial charge >= 0.3 is 12.1 Å². The van der Waals surface area contributed by atoms with Crippen LogP contribution in [0, 0.1) is 0 Å². The third kappa shape index (κ3) is 6.20. The third-order valence-corrected chi connectivity index (χ3v) is 3.39. The molecule has 0 N–H and O–H groups in total. The molecule has 0 radical (unpaired) electrons. The number of ether oxygens (including phenoxy) is 2. The molecule has 1 aromatic carbocycles. The fraction of sp³-hybridized carbons (Fsp3) is 0.350. The number of nitrogens with zero attached hydrogens (tertiary/aromatic N) is 1. The average molecular weight is 381 g/mol. The van der Waals surface area contributed by atoms with Gasteiger partial charge in [0.05, 0.1) is 17.8 Å². The first-order chi connectivity index (χ1) is 12.5. The van der Waals surface area contributed by atoms with Crippen LogP contribution in [0.3, 0.4) is 0 Å². The second-order valence-electron chi connectivity index (χ2n) is 6.56. The van der Waals surface area contributed by atoms with Crippen LogP contribution in [0.1, 0.15) is 33.3 Å². The summed E-state index contributed by atoms with van der Waals surface area (Å²) in [6, 6.07) is 5.28. The Labute approximate surface area is 156 Å². The molecule has 0 atom stereocenters. The Morgan fingerprint density at radius 3 is 2.37 bits per heavy atom. The predicted molar refractivity (Wildman–Crippen MR) is 97.2 cm³/mol. The second-order valence-corrected chi connectivity index (χ2v) is 6.56. The molecule has 146 valence electrons. The monoisotopic (exact) mass is 381 g/mol. The Kier molecular flexibility index (Phi) is 6.36. The van der Waals surface area contributed by atoms with Crippen molar-refractivity contribution >= 4 is 12.2 Å². The van der Waals surface area contributed by atoms with Crippen LogP contribution in [0.5, 0.6) is 5.75 Å². The summed E-state index contributed by atoms with van der Waals surface area (Å²) in [5.41, 5.74) is 0.161. The van der Waals surface area contributed by atoms with E-state index in [0.717, 1.165) is 12.1 Å². The maximum absolute atomic E-state index is 13.2. The number of esters is 1. The molecule has 0 saturated carbocycles. The first-order valence-corrected chi connectivity index (χ1v) is 8.50. The van der Waals surface area contributed by atoms with Gasteiger partial charge in [-0.05, 0) is 63.1 Å². The second kappa shape index (κ2) is 8.33. The third-order valence-electron chi connectivity index (χ3n) is 3.39. The largest absolute Gasteiger partial charge is 0.491 e. The zero-order valence-electron chi connectivity index (χ0n) is 15.6. The molecule has 1 heterocycles. The normalized spacial score (nSPS) is 12.2. The van der Waals surface area contributed by atoms with Crippen molar-refractivity contribution in [1.29, 1.82) is 0 Å². The number of hydrogen-bond donors (Lipinski definition) is 0. The van der Waals surface area contributed by atoms with Crippen molar-refractivity contribution in [1.82, 2.24) is 4.57 Å². The van der Waals surface area contributed by atoms with Crippen molar-refractivity contribution in [2.24, 2.45) is 0 Å². The molecule has 0 aliphatic heterocycles. The van der Waals surface area contributed by atoms with Crippen LogP contribution in [0.25, 0.3) is 17.3 Å². The van der Waals surface area contributed by atoms with Crippen LogP contribution in [-0.2, 0) is 15.7 Å². The Balaban J connectivity index is 2.31. The lowest BCUT2D eigenvalue weighted by atomic mass is 10.0. The fourth-order valence-corrected chi connectivity index (χ4v) is 2.36. The van der Waals surface area contributed by atoms with Crippen molar-refractivity contribution in [3.05, 3.63) is 48.3 Å². The van der Waals surface area contributed by atoms with Crippen molar-refractivity contribution < 1.29 is 27.4 Å². The van der Waals surface area contributed by atoms with Crippen LogP contribution < -0.4 is 4.74 Å². The van der Waals surface area contributed by atoms with Gasteiger partial charge in [-0.1, -0.05) is 0 Å². The van der Waals surface area contributed by atoms with E-state index in [1.165, 1.54) is 12.3 Å². The van der Waals surface area contributed by atoms with E-state index in [-0.39, 0.29) is 18.0 Å². The van der Waals surface area contributed by atoms with Gasteiger partial charge in [0.2, 0.25) is 0 Å². The molecule has 0 amide bonds. The Bertz CT molecular complexity index is 820. The lowest BCUT2D eigenvalue weighted by Crippen LogP contribution is -2.09. The van der Waals surface area contributed by atoms with E-state index in [1.807, 2.05) is 0 Å². The molecular weight excluding hydrogens is 359 g/mol. The van der Waals surface area contributed by atoms with E-state index in [9.17, 15) is 18.0 Å². The number of alkyl halides is 3. The predicted octanol–water partition coefficient (Wildman–Crippen LogP) is 5.38. The SMILES string of the molecule is CC(C)OC(=O)/C=C\n1ccc(-c2cc(OC(C)C)cc(C(F)(F)F)c2)c1. The number of benzene rings is 1. The summed E-state index contributed by atoms with van der Waals surface area (Å²) in [6.45, 7) is 6.98. The number of hydrogen-bond acceptors (Lipinski definition) is 3. The van der Waals surface area contributed by atoms with Gasteiger partial charge in [0.15, 0.2) is 0 Å². The van der Waals surface area contributed by atoms with E-state index >= 15 is 0 Å². The van der Waals surface area contributed by atoms with Crippen LogP contribution in [0.2, 0.25) is 0 Å². The number of carbonyl (C=O) groups excluding carboxylic acids is 1. The number of carbonyl (C=O) groups is 1. The van der Waals surface area contributed by atoms with Crippen molar-refractivity contribution in [3.8, 4) is 16.9 Å². The molecule has 2 rings (SSSR count). The van der Waals surface area contributed by atoms with E-state index in [1.54, 1.807) is 56.8 Å². The maximum atomic E-state index is 13.2. The molecule has 2 aromatic rings. The van der Waals surface area contributed by atoms with Crippen LogP contribution >= 0.6 is 0 Å². The highest BCUT2D eigenvalue weighted by atomic mass is 19.4. The highest BCUT2D eigenvalue weighted by Crippen LogP contribution is 2.36. The molecule has 0 unspecified atom stereocenters. The number of aromatic nitrogens is 1. The van der Waals surface area contributed by atoms with Gasteiger partial charge in [0, 0.05) is 24.7 Å². The van der Waals surface area contributed by atoms with E-state index in [2.05, 4.69) is 0 Å². The zero-order chi connectivity index (χ0) is 20.2. The van der Waals surface area contributed by atoms with Gasteiger partial charge in [-0.25, -0.2) is 4.79 Å². The highest BCUT2D eigenvalue weighted by molar-refractivity contribution is 5.85. The first kappa shape index (κ1) is 20.6. The first-order valence-electron chi connectivity index (χ1n) is 8.50. The highest BCUT2D eigenvalue weighted by Gasteiger charge is 2.31. The fourth-order valence-electron chi connectivity index (χ4n) is 2.36. The topological polar surface area (TPSA) is 40.5 Å². The van der Waals surface area contributed by atoms with E-state index < -0.39 is 17.7 Å². The van der Waals surface area contributed by atoms with Crippen molar-refractivity contribution in [3.63, 3.8) is 0 Å². The summed E-state index contributed by atoms with van der Waals surface area (Å²) in [4.78, 5) is 11.5. The number of halogens is 3. The molecule has 4 nitrogen and oxygen atoms in total. The van der Waals surface area contributed by atoms with Gasteiger partial charge < -0.3 is 14.0 Å². The molecule has 0 saturated heterocycles. The minimum Gasteiger partial charge on any atom is -0.491 e. The Morgan fingerprint density at radius 1 is 1.07 bits per heavy atom. The minimum absolute atomic E-state index is 0.152. The molecule has 7 heteroatoms. The lowest BCUT2D eigenvalue weighted by molar-refractivity contribution is -0.141. The van der Waals surface area contributed by atoms with Crippen molar-refractivity contribution in [2.75, 3.05) is 0 Å². The van der Waals surface area contributed by atoms with Gasteiger partial charge in [0.1, 0.15) is 5.75 Å². The minimum atomic E-state index is -4.48. The molecule has 0 aliphatic rings. The van der Waals surface area contributed by atoms with Crippen LogP contribution in [0.15, 0.2) is 42.7 Å². The van der Waals surface area contributed by atoms with Crippen molar-refractivity contribution in [2.45, 2.75) is 46.1 Å². The summed E-state index contributed by atoms with van der Waals surface area (Å²) in [5.74, 6) is -0.342. The Morgan fingerprint density at radius 2 is 1.78 bits per heavy atom. The van der Waals surface area contributed by atoms with E-state index in [0.29, 0.717) is 11.1 Å². The molecular formula is C20H22F3NO3. The molecule has 0 fully saturated rings. The smallest absolute Gasteiger partial charge is 0.416 e. The Hall–Kier alpha value is -2.70. The quantitative estimate of drug-likeness (QED) is 0.498. The summed E-state index contributed by atoms with van der Waals surface area (Å²) < 4.78 is 51.6. The average Bonchev–Trinajstić information content (AvgIpc) is 2.99. The van der Waals surface area contributed by atoms with E-state index in [4.69, 9.17) is 9.47 Å². The summed E-state index contributed by atoms with van der Waals surface area (Å²) in [5, 5.41) is 0. The lowest BCUT2D eigenvalue weighted by Gasteiger charge is -2.14. The zero-order valence-corrected chi connectivity index (χ0v) is 15.6. The molecule has 0 bridgehead atoms. The number of rotatable bonds is 6. The van der Waals surface area contributed by atoms with Crippen LogP contribution in [0.4, 0.5) is 13.2 Å². The standard InChI is InChI=1S/C20H22F3NO3/c1-13(2)26-18-10-16(9-17(11-18)20(21,22)23)15-5-7-24(12-15)8-6-19(25)27-14(3)4/h5-14H,1-4H3/b8-6-. The molecule has 1 aromatic heterocycles. The van der Waals surface area contributed by atoms with Gasteiger partial charge in [-0.3, -0.25) is 0 Å². The summed E-state index contributed by atoms with van der Waals surface area (Å²) in [6.07, 6.45) is 1.03. The molecule has 27 heavy (non-hydrogen) atoms.